The molecule has 2 N–H and O–H groups in total. The first-order valence-corrected chi connectivity index (χ1v) is 6.86. The molecule has 1 amide bonds. The molecule has 0 spiro atoms. The standard InChI is InChI=1S/C14H17N3O4/c1-20-13-10(16-14(18)19)6-5-9-8-15-17(12(9)13)11-4-2-3-7-21-11/h5-6,8,11,16H,2-4,7H2,1H3,(H,18,19). The molecule has 2 aromatic rings. The highest BCUT2D eigenvalue weighted by atomic mass is 16.5. The molecule has 1 aromatic carbocycles. The average molecular weight is 291 g/mol. The van der Waals surface area contributed by atoms with Crippen molar-refractivity contribution in [3.63, 3.8) is 0 Å². The maximum absolute atomic E-state index is 10.9. The number of carboxylic acid groups (broad SMARTS) is 1. The zero-order valence-electron chi connectivity index (χ0n) is 11.7. The van der Waals surface area contributed by atoms with Crippen molar-refractivity contribution in [1.82, 2.24) is 9.78 Å². The Morgan fingerprint density at radius 2 is 2.38 bits per heavy atom. The smallest absolute Gasteiger partial charge is 0.409 e. The molecule has 1 aliphatic rings. The number of rotatable bonds is 3. The van der Waals surface area contributed by atoms with E-state index in [4.69, 9.17) is 14.6 Å². The Hall–Kier alpha value is -2.28. The molecule has 1 aliphatic heterocycles. The summed E-state index contributed by atoms with van der Waals surface area (Å²) in [5.74, 6) is 0.460. The summed E-state index contributed by atoms with van der Waals surface area (Å²) in [5.41, 5.74) is 1.14. The molecule has 1 unspecified atom stereocenters. The van der Waals surface area contributed by atoms with E-state index in [-0.39, 0.29) is 6.23 Å². The molecule has 7 nitrogen and oxygen atoms in total. The number of hydrogen-bond donors (Lipinski definition) is 2. The number of aromatic nitrogens is 2. The van der Waals surface area contributed by atoms with Crippen LogP contribution >= 0.6 is 0 Å². The zero-order valence-corrected chi connectivity index (χ0v) is 11.7. The molecule has 0 radical (unpaired) electrons. The second-order valence-electron chi connectivity index (χ2n) is 4.92. The Kier molecular flexibility index (Phi) is 3.66. The number of anilines is 1. The van der Waals surface area contributed by atoms with Crippen LogP contribution in [0.15, 0.2) is 18.3 Å². The van der Waals surface area contributed by atoms with Crippen LogP contribution in [-0.2, 0) is 4.74 Å². The van der Waals surface area contributed by atoms with Gasteiger partial charge in [-0.3, -0.25) is 5.32 Å². The van der Waals surface area contributed by atoms with Gasteiger partial charge in [0.1, 0.15) is 5.52 Å². The lowest BCUT2D eigenvalue weighted by Crippen LogP contribution is -2.19. The quantitative estimate of drug-likeness (QED) is 0.908. The molecule has 1 atom stereocenters. The van der Waals surface area contributed by atoms with Crippen LogP contribution in [0.1, 0.15) is 25.5 Å². The summed E-state index contributed by atoms with van der Waals surface area (Å²) < 4.78 is 12.9. The first-order chi connectivity index (χ1) is 10.2. The van der Waals surface area contributed by atoms with E-state index in [0.717, 1.165) is 30.2 Å². The predicted octanol–water partition coefficient (Wildman–Crippen LogP) is 2.83. The van der Waals surface area contributed by atoms with E-state index in [1.54, 1.807) is 16.9 Å². The van der Waals surface area contributed by atoms with Gasteiger partial charge < -0.3 is 14.6 Å². The maximum Gasteiger partial charge on any atom is 0.409 e. The average Bonchev–Trinajstić information content (AvgIpc) is 2.91. The number of hydrogen-bond acceptors (Lipinski definition) is 4. The van der Waals surface area contributed by atoms with E-state index < -0.39 is 6.09 Å². The molecule has 7 heteroatoms. The summed E-state index contributed by atoms with van der Waals surface area (Å²) in [5, 5.41) is 16.5. The fourth-order valence-electron chi connectivity index (χ4n) is 2.66. The molecular formula is C14H17N3O4. The molecule has 112 valence electrons. The first-order valence-electron chi connectivity index (χ1n) is 6.86. The number of nitrogens with zero attached hydrogens (tertiary/aromatic N) is 2. The highest BCUT2D eigenvalue weighted by Crippen LogP contribution is 2.36. The lowest BCUT2D eigenvalue weighted by Gasteiger charge is -2.24. The van der Waals surface area contributed by atoms with E-state index in [2.05, 4.69) is 10.4 Å². The van der Waals surface area contributed by atoms with Crippen LogP contribution in [0.3, 0.4) is 0 Å². The van der Waals surface area contributed by atoms with E-state index in [1.165, 1.54) is 7.11 Å². The van der Waals surface area contributed by atoms with E-state index >= 15 is 0 Å². The Bertz CT molecular complexity index is 662. The molecule has 1 fully saturated rings. The SMILES string of the molecule is COc1c(NC(=O)O)ccc2cnn(C3CCCCO3)c12. The van der Waals surface area contributed by atoms with Gasteiger partial charge in [0.15, 0.2) is 12.0 Å². The molecule has 0 aliphatic carbocycles. The predicted molar refractivity (Wildman–Crippen MR) is 76.8 cm³/mol. The Labute approximate surface area is 121 Å². The minimum absolute atomic E-state index is 0.134. The first kappa shape index (κ1) is 13.7. The van der Waals surface area contributed by atoms with Gasteiger partial charge in [0.25, 0.3) is 0 Å². The van der Waals surface area contributed by atoms with Crippen molar-refractivity contribution < 1.29 is 19.4 Å². The fraction of sp³-hybridized carbons (Fsp3) is 0.429. The highest BCUT2D eigenvalue weighted by Gasteiger charge is 2.22. The van der Waals surface area contributed by atoms with Crippen molar-refractivity contribution in [3.8, 4) is 5.75 Å². The van der Waals surface area contributed by atoms with Crippen molar-refractivity contribution in [2.45, 2.75) is 25.5 Å². The summed E-state index contributed by atoms with van der Waals surface area (Å²) >= 11 is 0. The van der Waals surface area contributed by atoms with E-state index in [9.17, 15) is 4.79 Å². The number of carbonyl (C=O) groups is 1. The third-order valence-corrected chi connectivity index (χ3v) is 3.59. The molecule has 21 heavy (non-hydrogen) atoms. The second kappa shape index (κ2) is 5.61. The van der Waals surface area contributed by atoms with Crippen LogP contribution in [0.25, 0.3) is 10.9 Å². The minimum atomic E-state index is -1.13. The van der Waals surface area contributed by atoms with Crippen molar-refractivity contribution >= 4 is 22.7 Å². The van der Waals surface area contributed by atoms with Crippen LogP contribution in [0, 0.1) is 0 Å². The number of amides is 1. The van der Waals surface area contributed by atoms with Gasteiger partial charge in [0.05, 0.1) is 19.0 Å². The van der Waals surface area contributed by atoms with Crippen LogP contribution in [0.4, 0.5) is 10.5 Å². The molecule has 1 aromatic heterocycles. The number of ether oxygens (including phenoxy) is 2. The van der Waals surface area contributed by atoms with Crippen LogP contribution < -0.4 is 10.1 Å². The van der Waals surface area contributed by atoms with Gasteiger partial charge in [-0.25, -0.2) is 9.48 Å². The number of methoxy groups -OCH3 is 1. The lowest BCUT2D eigenvalue weighted by atomic mass is 10.1. The topological polar surface area (TPSA) is 85.6 Å². The summed E-state index contributed by atoms with van der Waals surface area (Å²) in [6, 6.07) is 3.48. The van der Waals surface area contributed by atoms with Crippen LogP contribution in [-0.4, -0.2) is 34.7 Å². The number of nitrogens with one attached hydrogen (secondary N) is 1. The summed E-state index contributed by atoms with van der Waals surface area (Å²) in [7, 11) is 1.51. The van der Waals surface area contributed by atoms with Crippen LogP contribution in [0.5, 0.6) is 5.75 Å². The third kappa shape index (κ3) is 2.52. The Morgan fingerprint density at radius 1 is 1.52 bits per heavy atom. The molecule has 3 rings (SSSR count). The third-order valence-electron chi connectivity index (χ3n) is 3.59. The van der Waals surface area contributed by atoms with Gasteiger partial charge in [-0.15, -0.1) is 0 Å². The number of benzene rings is 1. The van der Waals surface area contributed by atoms with E-state index in [1.807, 2.05) is 6.07 Å². The van der Waals surface area contributed by atoms with Gasteiger partial charge in [-0.2, -0.15) is 5.10 Å². The van der Waals surface area contributed by atoms with Crippen molar-refractivity contribution in [3.05, 3.63) is 18.3 Å². The zero-order chi connectivity index (χ0) is 14.8. The summed E-state index contributed by atoms with van der Waals surface area (Å²) in [6.45, 7) is 0.710. The molecule has 0 bridgehead atoms. The monoisotopic (exact) mass is 291 g/mol. The summed E-state index contributed by atoms with van der Waals surface area (Å²) in [4.78, 5) is 10.9. The number of fused-ring (bicyclic) bond motifs is 1. The molecule has 0 saturated carbocycles. The molecule has 1 saturated heterocycles. The van der Waals surface area contributed by atoms with Gasteiger partial charge in [0, 0.05) is 12.0 Å². The Balaban J connectivity index is 2.10. The second-order valence-corrected chi connectivity index (χ2v) is 4.92. The maximum atomic E-state index is 10.9. The van der Waals surface area contributed by atoms with Gasteiger partial charge >= 0.3 is 6.09 Å². The largest absolute Gasteiger partial charge is 0.492 e. The van der Waals surface area contributed by atoms with Gasteiger partial charge in [0.2, 0.25) is 0 Å². The van der Waals surface area contributed by atoms with Gasteiger partial charge in [-0.1, -0.05) is 0 Å². The van der Waals surface area contributed by atoms with E-state index in [0.29, 0.717) is 18.0 Å². The van der Waals surface area contributed by atoms with Crippen molar-refractivity contribution in [2.75, 3.05) is 19.0 Å². The van der Waals surface area contributed by atoms with Crippen LogP contribution in [0.2, 0.25) is 0 Å². The summed E-state index contributed by atoms with van der Waals surface area (Å²) in [6.07, 6.45) is 3.49. The highest BCUT2D eigenvalue weighted by molar-refractivity contribution is 5.95. The van der Waals surface area contributed by atoms with Gasteiger partial charge in [-0.05, 0) is 31.4 Å². The lowest BCUT2D eigenvalue weighted by molar-refractivity contribution is -0.0368. The molecular weight excluding hydrogens is 274 g/mol. The Morgan fingerprint density at radius 3 is 3.05 bits per heavy atom. The fourth-order valence-corrected chi connectivity index (χ4v) is 2.66. The normalized spacial score (nSPS) is 18.6. The molecule has 2 heterocycles. The van der Waals surface area contributed by atoms with Crippen molar-refractivity contribution in [2.24, 2.45) is 0 Å². The minimum Gasteiger partial charge on any atom is -0.492 e. The van der Waals surface area contributed by atoms with Crippen molar-refractivity contribution in [1.29, 1.82) is 0 Å².